The van der Waals surface area contributed by atoms with Crippen molar-refractivity contribution >= 4 is 11.9 Å². The molecule has 1 unspecified atom stereocenters. The predicted octanol–water partition coefficient (Wildman–Crippen LogP) is 0.641. The molecule has 5 heteroatoms. The van der Waals surface area contributed by atoms with Crippen molar-refractivity contribution in [2.24, 2.45) is 0 Å². The van der Waals surface area contributed by atoms with Gasteiger partial charge in [0.05, 0.1) is 6.61 Å². The van der Waals surface area contributed by atoms with Gasteiger partial charge in [-0.2, -0.15) is 0 Å². The monoisotopic (exact) mass is 202 g/mol. The van der Waals surface area contributed by atoms with E-state index < -0.39 is 18.2 Å². The van der Waals surface area contributed by atoms with Gasteiger partial charge in [0.1, 0.15) is 6.61 Å². The summed E-state index contributed by atoms with van der Waals surface area (Å²) in [6, 6.07) is 0. The maximum absolute atomic E-state index is 10.6. The molecule has 0 amide bonds. The predicted molar refractivity (Wildman–Crippen MR) is 48.3 cm³/mol. The summed E-state index contributed by atoms with van der Waals surface area (Å²) in [5.74, 6) is -0.922. The Balaban J connectivity index is 3.40. The first-order valence-electron chi connectivity index (χ1n) is 4.14. The Morgan fingerprint density at radius 1 is 1.43 bits per heavy atom. The van der Waals surface area contributed by atoms with Gasteiger partial charge in [0.25, 0.3) is 0 Å². The van der Waals surface area contributed by atoms with Gasteiger partial charge in [-0.1, -0.05) is 6.58 Å². The van der Waals surface area contributed by atoms with Crippen LogP contribution < -0.4 is 0 Å². The Bertz CT molecular complexity index is 211. The molecule has 0 bridgehead atoms. The van der Waals surface area contributed by atoms with Crippen molar-refractivity contribution in [3.8, 4) is 0 Å². The SMILES string of the molecule is C=CC(=O)OCCOC(C)OC(C)=O. The van der Waals surface area contributed by atoms with Crippen LogP contribution >= 0.6 is 0 Å². The molecule has 14 heavy (non-hydrogen) atoms. The Morgan fingerprint density at radius 2 is 2.07 bits per heavy atom. The number of hydrogen-bond acceptors (Lipinski definition) is 5. The molecule has 0 heterocycles. The van der Waals surface area contributed by atoms with Crippen molar-refractivity contribution in [1.82, 2.24) is 0 Å². The molecule has 0 radical (unpaired) electrons. The highest BCUT2D eigenvalue weighted by Gasteiger charge is 2.04. The van der Waals surface area contributed by atoms with Crippen LogP contribution in [0.15, 0.2) is 12.7 Å². The zero-order chi connectivity index (χ0) is 11.0. The second-order valence-electron chi connectivity index (χ2n) is 2.42. The van der Waals surface area contributed by atoms with Gasteiger partial charge in [-0.05, 0) is 6.92 Å². The van der Waals surface area contributed by atoms with Gasteiger partial charge in [-0.3, -0.25) is 4.79 Å². The molecular formula is C9H14O5. The van der Waals surface area contributed by atoms with E-state index in [4.69, 9.17) is 4.74 Å². The maximum Gasteiger partial charge on any atom is 0.330 e. The number of hydrogen-bond donors (Lipinski definition) is 0. The molecule has 0 aromatic heterocycles. The van der Waals surface area contributed by atoms with Crippen LogP contribution in [-0.4, -0.2) is 31.4 Å². The number of rotatable bonds is 6. The number of esters is 2. The minimum Gasteiger partial charge on any atom is -0.460 e. The number of carbonyl (C=O) groups excluding carboxylic acids is 2. The third-order valence-corrected chi connectivity index (χ3v) is 1.18. The first kappa shape index (κ1) is 12.6. The Kier molecular flexibility index (Phi) is 6.39. The number of ether oxygens (including phenoxy) is 3. The molecule has 0 rings (SSSR count). The molecule has 0 fully saturated rings. The third-order valence-electron chi connectivity index (χ3n) is 1.18. The van der Waals surface area contributed by atoms with E-state index in [0.717, 1.165) is 6.08 Å². The topological polar surface area (TPSA) is 61.8 Å². The summed E-state index contributed by atoms with van der Waals surface area (Å²) < 4.78 is 14.3. The van der Waals surface area contributed by atoms with Crippen LogP contribution in [0.5, 0.6) is 0 Å². The molecular weight excluding hydrogens is 188 g/mol. The summed E-state index contributed by atoms with van der Waals surface area (Å²) in [7, 11) is 0. The molecule has 5 nitrogen and oxygen atoms in total. The van der Waals surface area contributed by atoms with E-state index in [1.54, 1.807) is 6.92 Å². The standard InChI is InChI=1S/C9H14O5/c1-4-9(11)13-6-5-12-8(3)14-7(2)10/h4,8H,1,5-6H2,2-3H3. The average molecular weight is 202 g/mol. The molecule has 0 aromatic rings. The van der Waals surface area contributed by atoms with Crippen molar-refractivity contribution in [2.45, 2.75) is 20.1 Å². The van der Waals surface area contributed by atoms with E-state index in [2.05, 4.69) is 16.1 Å². The Morgan fingerprint density at radius 3 is 2.57 bits per heavy atom. The molecule has 0 aliphatic carbocycles. The van der Waals surface area contributed by atoms with Gasteiger partial charge in [-0.15, -0.1) is 0 Å². The second kappa shape index (κ2) is 7.08. The van der Waals surface area contributed by atoms with Crippen LogP contribution in [0, 0.1) is 0 Å². The van der Waals surface area contributed by atoms with Gasteiger partial charge >= 0.3 is 11.9 Å². The lowest BCUT2D eigenvalue weighted by Crippen LogP contribution is -2.19. The van der Waals surface area contributed by atoms with E-state index in [1.165, 1.54) is 6.92 Å². The third kappa shape index (κ3) is 7.30. The zero-order valence-corrected chi connectivity index (χ0v) is 8.32. The lowest BCUT2D eigenvalue weighted by Gasteiger charge is -2.12. The molecule has 0 spiro atoms. The summed E-state index contributed by atoms with van der Waals surface area (Å²) in [5.41, 5.74) is 0. The Hall–Kier alpha value is -1.36. The Labute approximate surface area is 82.6 Å². The normalized spacial score (nSPS) is 11.6. The summed E-state index contributed by atoms with van der Waals surface area (Å²) in [6.45, 7) is 6.38. The quantitative estimate of drug-likeness (QED) is 0.274. The van der Waals surface area contributed by atoms with E-state index in [0.29, 0.717) is 0 Å². The lowest BCUT2D eigenvalue weighted by atomic mass is 10.6. The van der Waals surface area contributed by atoms with Crippen LogP contribution in [0.2, 0.25) is 0 Å². The fourth-order valence-electron chi connectivity index (χ4n) is 0.683. The molecule has 0 aromatic carbocycles. The smallest absolute Gasteiger partial charge is 0.330 e. The van der Waals surface area contributed by atoms with Crippen molar-refractivity contribution in [3.63, 3.8) is 0 Å². The average Bonchev–Trinajstić information content (AvgIpc) is 2.10. The molecule has 0 aliphatic heterocycles. The van der Waals surface area contributed by atoms with Gasteiger partial charge < -0.3 is 14.2 Å². The largest absolute Gasteiger partial charge is 0.460 e. The van der Waals surface area contributed by atoms with Gasteiger partial charge in [0, 0.05) is 13.0 Å². The first-order chi connectivity index (χ1) is 6.56. The molecule has 1 atom stereocenters. The van der Waals surface area contributed by atoms with Crippen LogP contribution in [0.3, 0.4) is 0 Å². The highest BCUT2D eigenvalue weighted by molar-refractivity contribution is 5.81. The molecule has 80 valence electrons. The van der Waals surface area contributed by atoms with Crippen molar-refractivity contribution in [1.29, 1.82) is 0 Å². The van der Waals surface area contributed by atoms with E-state index in [1.807, 2.05) is 0 Å². The van der Waals surface area contributed by atoms with Crippen molar-refractivity contribution in [2.75, 3.05) is 13.2 Å². The highest BCUT2D eigenvalue weighted by atomic mass is 16.7. The summed E-state index contributed by atoms with van der Waals surface area (Å²) in [5, 5.41) is 0. The fourth-order valence-corrected chi connectivity index (χ4v) is 0.683. The van der Waals surface area contributed by atoms with Crippen LogP contribution in [0.4, 0.5) is 0 Å². The van der Waals surface area contributed by atoms with Gasteiger partial charge in [-0.25, -0.2) is 4.79 Å². The van der Waals surface area contributed by atoms with Gasteiger partial charge in [0.15, 0.2) is 6.29 Å². The molecule has 0 aliphatic rings. The summed E-state index contributed by atoms with van der Waals surface area (Å²) in [6.07, 6.45) is 0.435. The lowest BCUT2D eigenvalue weighted by molar-refractivity contribution is -0.175. The molecule has 0 N–H and O–H groups in total. The van der Waals surface area contributed by atoms with Crippen LogP contribution in [0.1, 0.15) is 13.8 Å². The van der Waals surface area contributed by atoms with Crippen LogP contribution in [-0.2, 0) is 23.8 Å². The fraction of sp³-hybridized carbons (Fsp3) is 0.556. The summed E-state index contributed by atoms with van der Waals surface area (Å²) in [4.78, 5) is 21.0. The maximum atomic E-state index is 10.6. The zero-order valence-electron chi connectivity index (χ0n) is 8.32. The molecule has 0 saturated heterocycles. The summed E-state index contributed by atoms with van der Waals surface area (Å²) >= 11 is 0. The second-order valence-corrected chi connectivity index (χ2v) is 2.42. The first-order valence-corrected chi connectivity index (χ1v) is 4.14. The highest BCUT2D eigenvalue weighted by Crippen LogP contribution is 1.93. The van der Waals surface area contributed by atoms with E-state index in [-0.39, 0.29) is 13.2 Å². The van der Waals surface area contributed by atoms with Crippen LogP contribution in [0.25, 0.3) is 0 Å². The van der Waals surface area contributed by atoms with E-state index >= 15 is 0 Å². The minimum atomic E-state index is -0.630. The van der Waals surface area contributed by atoms with Gasteiger partial charge in [0.2, 0.25) is 0 Å². The van der Waals surface area contributed by atoms with Crippen molar-refractivity contribution in [3.05, 3.63) is 12.7 Å². The minimum absolute atomic E-state index is 0.108. The molecule has 0 saturated carbocycles. The number of carbonyl (C=O) groups is 2. The van der Waals surface area contributed by atoms with E-state index in [9.17, 15) is 9.59 Å². The van der Waals surface area contributed by atoms with Crippen molar-refractivity contribution < 1.29 is 23.8 Å².